The van der Waals surface area contributed by atoms with Gasteiger partial charge in [-0.25, -0.2) is 31.4 Å². The molecule has 0 amide bonds. The Morgan fingerprint density at radius 3 is 2.59 bits per heavy atom. The minimum absolute atomic E-state index is 0.0767. The second kappa shape index (κ2) is 11.8. The van der Waals surface area contributed by atoms with Crippen molar-refractivity contribution >= 4 is 50.6 Å². The fraction of sp³-hybridized carbons (Fsp3) is 0.258. The topological polar surface area (TPSA) is 81.0 Å². The maximum atomic E-state index is 14.5. The van der Waals surface area contributed by atoms with Gasteiger partial charge in [0.2, 0.25) is 0 Å². The molecule has 0 spiro atoms. The smallest absolute Gasteiger partial charge is 0.252 e. The lowest BCUT2D eigenvalue weighted by molar-refractivity contribution is 0.0666. The van der Waals surface area contributed by atoms with Gasteiger partial charge in [0.05, 0.1) is 44.1 Å². The van der Waals surface area contributed by atoms with Gasteiger partial charge in [0.15, 0.2) is 5.78 Å². The van der Waals surface area contributed by atoms with Gasteiger partial charge in [-0.3, -0.25) is 9.78 Å². The van der Waals surface area contributed by atoms with Crippen LogP contribution in [-0.4, -0.2) is 58.9 Å². The number of rotatable bonds is 8. The second-order valence-electron chi connectivity index (χ2n) is 10.9. The molecule has 4 aromatic rings. The number of hydrogen-bond donors (Lipinski definition) is 0. The molecule has 1 unspecified atom stereocenters. The maximum Gasteiger partial charge on any atom is 0.252 e. The summed E-state index contributed by atoms with van der Waals surface area (Å²) in [5.41, 5.74) is 1.83. The van der Waals surface area contributed by atoms with Crippen molar-refractivity contribution in [2.75, 3.05) is 6.54 Å². The number of fused-ring (bicyclic) bond motifs is 2. The number of pyridine rings is 2. The Morgan fingerprint density at radius 2 is 1.91 bits per heavy atom. The van der Waals surface area contributed by atoms with E-state index in [1.54, 1.807) is 29.1 Å². The fourth-order valence-corrected chi connectivity index (χ4v) is 8.28. The van der Waals surface area contributed by atoms with Crippen LogP contribution < -0.4 is 0 Å². The molecule has 3 atom stereocenters. The van der Waals surface area contributed by atoms with E-state index in [1.807, 2.05) is 6.08 Å². The minimum Gasteiger partial charge on any atom is -0.291 e. The van der Waals surface area contributed by atoms with Gasteiger partial charge in [-0.1, -0.05) is 28.8 Å². The summed E-state index contributed by atoms with van der Waals surface area (Å²) in [5.74, 6) is 3.18. The molecule has 228 valence electrons. The third-order valence-corrected chi connectivity index (χ3v) is 10.9. The van der Waals surface area contributed by atoms with Gasteiger partial charge < -0.3 is 0 Å². The first kappa shape index (κ1) is 30.5. The van der Waals surface area contributed by atoms with Crippen LogP contribution in [-0.2, 0) is 16.1 Å². The van der Waals surface area contributed by atoms with Gasteiger partial charge >= 0.3 is 0 Å². The summed E-state index contributed by atoms with van der Waals surface area (Å²) < 4.78 is 58.8. The van der Waals surface area contributed by atoms with E-state index in [0.29, 0.717) is 23.6 Å². The van der Waals surface area contributed by atoms with Crippen LogP contribution in [0.15, 0.2) is 77.6 Å². The summed E-state index contributed by atoms with van der Waals surface area (Å²) in [5, 5.41) is 5.02. The summed E-state index contributed by atoms with van der Waals surface area (Å²) >= 11 is 12.2. The van der Waals surface area contributed by atoms with Crippen molar-refractivity contribution in [1.82, 2.24) is 24.1 Å². The number of allylic oxidation sites excluding steroid dienone is 1. The van der Waals surface area contributed by atoms with Gasteiger partial charge in [-0.05, 0) is 91.7 Å². The zero-order chi connectivity index (χ0) is 31.2. The third-order valence-electron chi connectivity index (χ3n) is 8.27. The number of carbonyl (C=O) groups is 1. The predicted octanol–water partition coefficient (Wildman–Crippen LogP) is 6.73. The summed E-state index contributed by atoms with van der Waals surface area (Å²) in [4.78, 5) is 22.9. The van der Waals surface area contributed by atoms with Crippen molar-refractivity contribution in [2.24, 2.45) is 5.41 Å². The Kier molecular flexibility index (Phi) is 8.17. The van der Waals surface area contributed by atoms with Crippen molar-refractivity contribution in [2.45, 2.75) is 43.0 Å². The van der Waals surface area contributed by atoms with Crippen molar-refractivity contribution < 1.29 is 22.2 Å². The number of ketones is 1. The molecule has 44 heavy (non-hydrogen) atoms. The Hall–Kier alpha value is -3.51. The quantitative estimate of drug-likeness (QED) is 0.119. The average molecular weight is 661 g/mol. The number of nitrogens with zero attached hydrogens (tertiary/aromatic N) is 5. The molecule has 0 radical (unpaired) electrons. The standard InChI is InChI=1S/C31H26Cl2F3N5O2S/c1-44(43,25-8-9-28(33)38-17-25)40(18-29(35)36)24-5-2-20-12-27-19(16-39-41(27)23-6-3-22(34)4-7-23)14-31(20,15-24)30(42)26-13-21(32)10-11-37-26/h3-4,6-13,16-17,24,29H,1-2,5,14-15,18H2/t24-,31-,44?/m0/s1. The first-order valence-corrected chi connectivity index (χ1v) is 16.2. The first-order valence-electron chi connectivity index (χ1n) is 13.7. The zero-order valence-corrected chi connectivity index (χ0v) is 25.5. The van der Waals surface area contributed by atoms with Crippen molar-refractivity contribution in [3.8, 4) is 5.69 Å². The lowest BCUT2D eigenvalue weighted by atomic mass is 9.60. The Bertz CT molecular complexity index is 1860. The molecule has 1 saturated carbocycles. The molecule has 1 aromatic carbocycles. The molecule has 6 rings (SSSR count). The highest BCUT2D eigenvalue weighted by molar-refractivity contribution is 7.98. The Labute approximate surface area is 262 Å². The van der Waals surface area contributed by atoms with Crippen molar-refractivity contribution in [1.29, 1.82) is 0 Å². The minimum atomic E-state index is -3.45. The summed E-state index contributed by atoms with van der Waals surface area (Å²) in [6.07, 6.45) is 4.40. The van der Waals surface area contributed by atoms with E-state index in [1.165, 1.54) is 47.0 Å². The van der Waals surface area contributed by atoms with Crippen LogP contribution in [0.25, 0.3) is 11.8 Å². The molecule has 3 aromatic heterocycles. The summed E-state index contributed by atoms with van der Waals surface area (Å²) in [6.45, 7) is -0.817. The second-order valence-corrected chi connectivity index (χ2v) is 13.9. The molecule has 0 N–H and O–H groups in total. The van der Waals surface area contributed by atoms with Crippen molar-refractivity contribution in [3.63, 3.8) is 0 Å². The molecular weight excluding hydrogens is 634 g/mol. The highest BCUT2D eigenvalue weighted by Crippen LogP contribution is 2.51. The van der Waals surface area contributed by atoms with E-state index in [-0.39, 0.29) is 40.2 Å². The molecule has 13 heteroatoms. The lowest BCUT2D eigenvalue weighted by Crippen LogP contribution is -2.51. The van der Waals surface area contributed by atoms with Gasteiger partial charge in [0, 0.05) is 23.5 Å². The fourth-order valence-electron chi connectivity index (χ4n) is 6.22. The number of alkyl halides is 2. The Balaban J connectivity index is 1.45. The highest BCUT2D eigenvalue weighted by atomic mass is 35.5. The van der Waals surface area contributed by atoms with Crippen LogP contribution >= 0.6 is 23.2 Å². The SMILES string of the molecule is C=S(=O)(c1ccc(Cl)nc1)N(CC(F)F)[C@H]1CCC2=Cc3c(cnn3-c3ccc(F)cc3)C[C@]2(C(=O)c2cc(Cl)ccn2)C1. The van der Waals surface area contributed by atoms with E-state index < -0.39 is 34.1 Å². The molecule has 3 heterocycles. The number of aromatic nitrogens is 4. The molecule has 7 nitrogen and oxygen atoms in total. The molecule has 2 aliphatic carbocycles. The van der Waals surface area contributed by atoms with Gasteiger partial charge in [-0.2, -0.15) is 5.10 Å². The molecule has 0 saturated heterocycles. The number of hydrogen-bond acceptors (Lipinski definition) is 5. The van der Waals surface area contributed by atoms with E-state index >= 15 is 0 Å². The van der Waals surface area contributed by atoms with E-state index in [2.05, 4.69) is 20.9 Å². The summed E-state index contributed by atoms with van der Waals surface area (Å²) in [7, 11) is -3.45. The van der Waals surface area contributed by atoms with E-state index in [4.69, 9.17) is 23.2 Å². The van der Waals surface area contributed by atoms with Crippen LogP contribution in [0.4, 0.5) is 13.2 Å². The maximum absolute atomic E-state index is 14.5. The number of halogens is 5. The predicted molar refractivity (Wildman–Crippen MR) is 164 cm³/mol. The van der Waals surface area contributed by atoms with Crippen LogP contribution in [0.2, 0.25) is 10.2 Å². The zero-order valence-electron chi connectivity index (χ0n) is 23.2. The van der Waals surface area contributed by atoms with Gasteiger partial charge in [0.1, 0.15) is 16.7 Å². The molecular formula is C31H26Cl2F3N5O2S. The largest absolute Gasteiger partial charge is 0.291 e. The number of carbonyl (C=O) groups excluding carboxylic acids is 1. The highest BCUT2D eigenvalue weighted by Gasteiger charge is 2.51. The van der Waals surface area contributed by atoms with Crippen LogP contribution in [0.3, 0.4) is 0 Å². The normalized spacial score (nSPS) is 21.0. The number of benzene rings is 1. The van der Waals surface area contributed by atoms with E-state index in [0.717, 1.165) is 16.8 Å². The molecule has 2 aliphatic rings. The molecule has 0 bridgehead atoms. The van der Waals surface area contributed by atoms with Crippen LogP contribution in [0.1, 0.15) is 41.0 Å². The van der Waals surface area contributed by atoms with Crippen LogP contribution in [0.5, 0.6) is 0 Å². The lowest BCUT2D eigenvalue weighted by Gasteiger charge is -2.47. The number of Topliss-reactive ketones (excluding diaryl/α,β-unsaturated/α-hetero) is 1. The van der Waals surface area contributed by atoms with E-state index in [9.17, 15) is 22.2 Å². The average Bonchev–Trinajstić information content (AvgIpc) is 3.40. The van der Waals surface area contributed by atoms with Crippen LogP contribution in [0, 0.1) is 11.2 Å². The van der Waals surface area contributed by atoms with Crippen molar-refractivity contribution in [3.05, 3.63) is 106 Å². The monoisotopic (exact) mass is 659 g/mol. The third kappa shape index (κ3) is 5.58. The summed E-state index contributed by atoms with van der Waals surface area (Å²) in [6, 6.07) is 11.1. The Morgan fingerprint density at radius 1 is 1.14 bits per heavy atom. The first-order chi connectivity index (χ1) is 21.0. The van der Waals surface area contributed by atoms with Gasteiger partial charge in [-0.15, -0.1) is 0 Å². The molecule has 0 aliphatic heterocycles. The van der Waals surface area contributed by atoms with Gasteiger partial charge in [0.25, 0.3) is 6.43 Å². The molecule has 1 fully saturated rings.